The molecule has 0 N–H and O–H groups in total. The molecule has 5 nitrogen and oxygen atoms in total. The van der Waals surface area contributed by atoms with Crippen molar-refractivity contribution in [1.82, 2.24) is 15.0 Å². The minimum Gasteiger partial charge on any atom is -0.339 e. The number of aryl methyl sites for hydroxylation is 1. The monoisotopic (exact) mass is 353 g/mol. The van der Waals surface area contributed by atoms with Gasteiger partial charge in [-0.25, -0.2) is 0 Å². The molecule has 1 aliphatic rings. The second-order valence-corrected chi connectivity index (χ2v) is 7.31. The van der Waals surface area contributed by atoms with Crippen LogP contribution < -0.4 is 0 Å². The zero-order valence-corrected chi connectivity index (χ0v) is 14.8. The van der Waals surface area contributed by atoms with Crippen LogP contribution in [0, 0.1) is 6.92 Å². The van der Waals surface area contributed by atoms with Crippen molar-refractivity contribution in [3.63, 3.8) is 0 Å². The van der Waals surface area contributed by atoms with E-state index >= 15 is 0 Å². The van der Waals surface area contributed by atoms with Gasteiger partial charge in [-0.15, -0.1) is 11.3 Å². The van der Waals surface area contributed by atoms with Crippen molar-refractivity contribution in [2.45, 2.75) is 25.7 Å². The third kappa shape index (κ3) is 3.35. The molecule has 3 aromatic rings. The van der Waals surface area contributed by atoms with Crippen LogP contribution in [0.2, 0.25) is 0 Å². The first kappa shape index (κ1) is 16.0. The van der Waals surface area contributed by atoms with Crippen LogP contribution in [-0.2, 0) is 0 Å². The van der Waals surface area contributed by atoms with E-state index in [1.807, 2.05) is 46.7 Å². The third-order valence-corrected chi connectivity index (χ3v) is 5.47. The Morgan fingerprint density at radius 3 is 2.64 bits per heavy atom. The van der Waals surface area contributed by atoms with Gasteiger partial charge in [0, 0.05) is 24.6 Å². The predicted octanol–water partition coefficient (Wildman–Crippen LogP) is 4.13. The fourth-order valence-electron chi connectivity index (χ4n) is 3.11. The first-order valence-electron chi connectivity index (χ1n) is 8.44. The van der Waals surface area contributed by atoms with Crippen molar-refractivity contribution in [3.8, 4) is 11.4 Å². The van der Waals surface area contributed by atoms with E-state index < -0.39 is 0 Å². The summed E-state index contributed by atoms with van der Waals surface area (Å²) >= 11 is 1.49. The molecule has 0 radical (unpaired) electrons. The summed E-state index contributed by atoms with van der Waals surface area (Å²) in [7, 11) is 0. The van der Waals surface area contributed by atoms with E-state index in [0.717, 1.165) is 36.4 Å². The smallest absolute Gasteiger partial charge is 0.263 e. The Hall–Kier alpha value is -2.47. The van der Waals surface area contributed by atoms with Gasteiger partial charge in [0.2, 0.25) is 11.7 Å². The second-order valence-electron chi connectivity index (χ2n) is 6.37. The Balaban J connectivity index is 1.41. The molecule has 0 bridgehead atoms. The zero-order chi connectivity index (χ0) is 17.2. The molecule has 0 spiro atoms. The summed E-state index contributed by atoms with van der Waals surface area (Å²) in [6.07, 6.45) is 1.71. The minimum absolute atomic E-state index is 0.124. The number of rotatable bonds is 3. The third-order valence-electron chi connectivity index (χ3n) is 4.61. The summed E-state index contributed by atoms with van der Waals surface area (Å²) in [5.41, 5.74) is 2.17. The number of hydrogen-bond donors (Lipinski definition) is 0. The summed E-state index contributed by atoms with van der Waals surface area (Å²) < 4.78 is 5.49. The van der Waals surface area contributed by atoms with Gasteiger partial charge < -0.3 is 9.42 Å². The molecule has 1 fully saturated rings. The largest absolute Gasteiger partial charge is 0.339 e. The van der Waals surface area contributed by atoms with E-state index in [0.29, 0.717) is 11.7 Å². The van der Waals surface area contributed by atoms with Gasteiger partial charge in [-0.1, -0.05) is 41.1 Å². The molecule has 1 aromatic carbocycles. The van der Waals surface area contributed by atoms with Crippen molar-refractivity contribution < 1.29 is 9.32 Å². The van der Waals surface area contributed by atoms with Crippen molar-refractivity contribution >= 4 is 17.2 Å². The molecule has 0 atom stereocenters. The number of aromatic nitrogens is 2. The van der Waals surface area contributed by atoms with Gasteiger partial charge in [-0.3, -0.25) is 4.79 Å². The fraction of sp³-hybridized carbons (Fsp3) is 0.316. The quantitative estimate of drug-likeness (QED) is 0.710. The first-order chi connectivity index (χ1) is 12.2. The molecule has 3 heterocycles. The lowest BCUT2D eigenvalue weighted by molar-refractivity contribution is 0.0709. The van der Waals surface area contributed by atoms with Crippen LogP contribution in [-0.4, -0.2) is 34.0 Å². The lowest BCUT2D eigenvalue weighted by Crippen LogP contribution is -2.37. The summed E-state index contributed by atoms with van der Waals surface area (Å²) in [5.74, 6) is 1.66. The average molecular weight is 353 g/mol. The molecule has 1 aliphatic heterocycles. The van der Waals surface area contributed by atoms with E-state index in [9.17, 15) is 4.79 Å². The van der Waals surface area contributed by atoms with Crippen LogP contribution >= 0.6 is 11.3 Å². The maximum absolute atomic E-state index is 12.4. The van der Waals surface area contributed by atoms with Crippen LogP contribution in [0.15, 0.2) is 46.3 Å². The average Bonchev–Trinajstić information content (AvgIpc) is 3.34. The van der Waals surface area contributed by atoms with Crippen LogP contribution in [0.4, 0.5) is 0 Å². The highest BCUT2D eigenvalue weighted by Crippen LogP contribution is 2.29. The highest BCUT2D eigenvalue weighted by molar-refractivity contribution is 7.12. The molecule has 2 aromatic heterocycles. The standard InChI is InChI=1S/C19H19N3O2S/c1-13-4-6-14(7-5-13)17-20-18(24-21-17)15-8-10-22(11-9-15)19(23)16-3-2-12-25-16/h2-7,12,15H,8-11H2,1H3. The molecule has 0 saturated carbocycles. The van der Waals surface area contributed by atoms with E-state index in [1.54, 1.807) is 0 Å². The number of benzene rings is 1. The molecular formula is C19H19N3O2S. The van der Waals surface area contributed by atoms with Gasteiger partial charge in [0.15, 0.2) is 0 Å². The Morgan fingerprint density at radius 1 is 1.20 bits per heavy atom. The highest BCUT2D eigenvalue weighted by Gasteiger charge is 2.28. The summed E-state index contributed by atoms with van der Waals surface area (Å²) in [6, 6.07) is 11.9. The maximum atomic E-state index is 12.4. The maximum Gasteiger partial charge on any atom is 0.263 e. The molecule has 1 saturated heterocycles. The first-order valence-corrected chi connectivity index (χ1v) is 9.32. The van der Waals surface area contributed by atoms with Crippen molar-refractivity contribution in [2.75, 3.05) is 13.1 Å². The van der Waals surface area contributed by atoms with Gasteiger partial charge in [0.05, 0.1) is 4.88 Å². The number of carbonyl (C=O) groups excluding carboxylic acids is 1. The van der Waals surface area contributed by atoms with Crippen LogP contribution in [0.5, 0.6) is 0 Å². The number of carbonyl (C=O) groups is 1. The van der Waals surface area contributed by atoms with Gasteiger partial charge in [-0.2, -0.15) is 4.98 Å². The topological polar surface area (TPSA) is 59.2 Å². The number of hydrogen-bond acceptors (Lipinski definition) is 5. The fourth-order valence-corrected chi connectivity index (χ4v) is 3.80. The molecule has 6 heteroatoms. The Morgan fingerprint density at radius 2 is 1.96 bits per heavy atom. The van der Waals surface area contributed by atoms with E-state index in [2.05, 4.69) is 17.1 Å². The minimum atomic E-state index is 0.124. The molecule has 1 amide bonds. The Labute approximate surface area is 150 Å². The van der Waals surface area contributed by atoms with Gasteiger partial charge in [0.25, 0.3) is 5.91 Å². The normalized spacial score (nSPS) is 15.5. The second kappa shape index (κ2) is 6.80. The number of likely N-dealkylation sites (tertiary alicyclic amines) is 1. The van der Waals surface area contributed by atoms with Crippen LogP contribution in [0.25, 0.3) is 11.4 Å². The number of piperidine rings is 1. The summed E-state index contributed by atoms with van der Waals surface area (Å²) in [6.45, 7) is 3.50. The van der Waals surface area contributed by atoms with Crippen molar-refractivity contribution in [1.29, 1.82) is 0 Å². The zero-order valence-electron chi connectivity index (χ0n) is 14.0. The van der Waals surface area contributed by atoms with Gasteiger partial charge in [0.1, 0.15) is 0 Å². The Kier molecular flexibility index (Phi) is 4.36. The lowest BCUT2D eigenvalue weighted by Gasteiger charge is -2.30. The molecular weight excluding hydrogens is 334 g/mol. The molecule has 25 heavy (non-hydrogen) atoms. The SMILES string of the molecule is Cc1ccc(-c2noc(C3CCN(C(=O)c4cccs4)CC3)n2)cc1. The van der Waals surface area contributed by atoms with Crippen molar-refractivity contribution in [2.24, 2.45) is 0 Å². The van der Waals surface area contributed by atoms with Crippen LogP contribution in [0.1, 0.15) is 39.9 Å². The van der Waals surface area contributed by atoms with E-state index in [4.69, 9.17) is 4.52 Å². The molecule has 128 valence electrons. The van der Waals surface area contributed by atoms with Crippen LogP contribution in [0.3, 0.4) is 0 Å². The molecule has 4 rings (SSSR count). The summed E-state index contributed by atoms with van der Waals surface area (Å²) in [5, 5.41) is 6.06. The van der Waals surface area contributed by atoms with Gasteiger partial charge >= 0.3 is 0 Å². The predicted molar refractivity (Wildman–Crippen MR) is 96.7 cm³/mol. The van der Waals surface area contributed by atoms with Crippen molar-refractivity contribution in [3.05, 3.63) is 58.1 Å². The van der Waals surface area contributed by atoms with E-state index in [-0.39, 0.29) is 11.8 Å². The molecule has 0 unspecified atom stereocenters. The van der Waals surface area contributed by atoms with Gasteiger partial charge in [-0.05, 0) is 31.2 Å². The Bertz CT molecular complexity index is 847. The highest BCUT2D eigenvalue weighted by atomic mass is 32.1. The molecule has 0 aliphatic carbocycles. The number of thiophene rings is 1. The number of nitrogens with zero attached hydrogens (tertiary/aromatic N) is 3. The number of amides is 1. The summed E-state index contributed by atoms with van der Waals surface area (Å²) in [4.78, 5) is 19.7. The lowest BCUT2D eigenvalue weighted by atomic mass is 9.96. The van der Waals surface area contributed by atoms with E-state index in [1.165, 1.54) is 16.9 Å².